The minimum absolute atomic E-state index is 0. The van der Waals surface area contributed by atoms with Gasteiger partial charge in [-0.25, -0.2) is 13.2 Å². The molecule has 0 unspecified atom stereocenters. The summed E-state index contributed by atoms with van der Waals surface area (Å²) >= 11 is 0. The summed E-state index contributed by atoms with van der Waals surface area (Å²) in [6.45, 7) is 0.567. The molecule has 31 heavy (non-hydrogen) atoms. The molecule has 12 heteroatoms. The number of rotatable bonds is 7. The van der Waals surface area contributed by atoms with Gasteiger partial charge in [0.15, 0.2) is 15.2 Å². The Morgan fingerprint density at radius 2 is 2.16 bits per heavy atom. The molecule has 1 fully saturated rings. The van der Waals surface area contributed by atoms with Crippen molar-refractivity contribution in [2.24, 2.45) is 10.7 Å². The average Bonchev–Trinajstić information content (AvgIpc) is 2.70. The number of carbonyl (C=O) groups is 2. The van der Waals surface area contributed by atoms with Crippen LogP contribution >= 0.6 is 0 Å². The normalized spacial score (nSPS) is 21.6. The SMILES string of the molecule is NCCCN=C([O-])/C=C/C1=C(C(=O)O)N2C(=O)/C(=C\c3ccccn3)[C@H]2S(=O)(=O)C1.[Na+]. The summed E-state index contributed by atoms with van der Waals surface area (Å²) in [7, 11) is -3.93. The summed E-state index contributed by atoms with van der Waals surface area (Å²) in [5, 5.41) is 20.0. The van der Waals surface area contributed by atoms with Crippen LogP contribution in [0.1, 0.15) is 12.1 Å². The maximum atomic E-state index is 12.8. The number of pyridine rings is 1. The number of allylic oxidation sites excluding steroid dienone is 1. The molecule has 0 bridgehead atoms. The number of amides is 1. The van der Waals surface area contributed by atoms with Gasteiger partial charge in [0.2, 0.25) is 0 Å². The zero-order valence-corrected chi connectivity index (χ0v) is 19.6. The number of sulfone groups is 1. The van der Waals surface area contributed by atoms with E-state index < -0.39 is 44.4 Å². The number of fused-ring (bicyclic) bond motifs is 1. The van der Waals surface area contributed by atoms with Crippen LogP contribution in [-0.2, 0) is 19.4 Å². The minimum Gasteiger partial charge on any atom is -0.859 e. The van der Waals surface area contributed by atoms with Crippen LogP contribution in [0.25, 0.3) is 6.08 Å². The average molecular weight is 454 g/mol. The van der Waals surface area contributed by atoms with Crippen LogP contribution in [0.2, 0.25) is 0 Å². The maximum Gasteiger partial charge on any atom is 1.00 e. The van der Waals surface area contributed by atoms with Crippen LogP contribution in [0.15, 0.2) is 58.4 Å². The van der Waals surface area contributed by atoms with E-state index in [1.807, 2.05) is 0 Å². The van der Waals surface area contributed by atoms with Crippen molar-refractivity contribution >= 4 is 33.7 Å². The van der Waals surface area contributed by atoms with E-state index in [9.17, 15) is 28.2 Å². The first kappa shape index (κ1) is 25.0. The molecule has 0 aromatic carbocycles. The Hall–Kier alpha value is -2.31. The zero-order chi connectivity index (χ0) is 21.9. The number of carboxylic acids is 1. The second-order valence-corrected chi connectivity index (χ2v) is 8.62. The monoisotopic (exact) mass is 454 g/mol. The Kier molecular flexibility index (Phi) is 8.32. The first-order chi connectivity index (χ1) is 14.3. The van der Waals surface area contributed by atoms with Gasteiger partial charge in [0, 0.05) is 12.7 Å². The van der Waals surface area contributed by atoms with Crippen molar-refractivity contribution in [3.63, 3.8) is 0 Å². The van der Waals surface area contributed by atoms with Gasteiger partial charge in [-0.1, -0.05) is 18.2 Å². The molecule has 1 saturated heterocycles. The third-order valence-electron chi connectivity index (χ3n) is 4.46. The molecule has 1 aromatic rings. The van der Waals surface area contributed by atoms with Crippen molar-refractivity contribution in [2.45, 2.75) is 11.8 Å². The molecule has 2 aliphatic heterocycles. The van der Waals surface area contributed by atoms with Crippen LogP contribution in [0.5, 0.6) is 0 Å². The number of aromatic nitrogens is 1. The number of nitrogens with zero attached hydrogens (tertiary/aromatic N) is 3. The second kappa shape index (κ2) is 10.3. The predicted octanol–water partition coefficient (Wildman–Crippen LogP) is -3.93. The number of aliphatic imine (C=N–C) groups is 1. The number of carbonyl (C=O) groups excluding carboxylic acids is 1. The first-order valence-electron chi connectivity index (χ1n) is 9.00. The first-order valence-corrected chi connectivity index (χ1v) is 10.7. The largest absolute Gasteiger partial charge is 1.00 e. The Balaban J connectivity index is 0.00000341. The van der Waals surface area contributed by atoms with E-state index in [4.69, 9.17) is 5.73 Å². The van der Waals surface area contributed by atoms with E-state index in [0.29, 0.717) is 18.7 Å². The van der Waals surface area contributed by atoms with Crippen LogP contribution in [0, 0.1) is 0 Å². The van der Waals surface area contributed by atoms with E-state index >= 15 is 0 Å². The molecular formula is C19H19N4NaO6S. The standard InChI is InChI=1S/C19H20N4O6S.Na/c20-7-3-9-22-15(24)6-5-12-11-30(28,29)18-14(10-13-4-1-2-8-21-13)17(25)23(18)16(12)19(26)27;/h1-2,4-6,8,10,18H,3,7,9,11,20H2,(H,22,24)(H,26,27);/q;+1/p-1/b6-5+,14-10+;/t18-;/m1./s1. The Morgan fingerprint density at radius 3 is 2.77 bits per heavy atom. The van der Waals surface area contributed by atoms with Crippen LogP contribution in [0.4, 0.5) is 0 Å². The molecular weight excluding hydrogens is 435 g/mol. The summed E-state index contributed by atoms with van der Waals surface area (Å²) in [5.74, 6) is -3.48. The van der Waals surface area contributed by atoms with Gasteiger partial charge < -0.3 is 20.9 Å². The van der Waals surface area contributed by atoms with Gasteiger partial charge >= 0.3 is 35.5 Å². The number of nitrogens with two attached hydrogens (primary N) is 1. The van der Waals surface area contributed by atoms with E-state index in [-0.39, 0.29) is 47.2 Å². The van der Waals surface area contributed by atoms with Crippen molar-refractivity contribution in [2.75, 3.05) is 18.8 Å². The van der Waals surface area contributed by atoms with Crippen molar-refractivity contribution in [1.29, 1.82) is 0 Å². The molecule has 3 heterocycles. The molecule has 0 saturated carbocycles. The topological polar surface area (TPSA) is 166 Å². The van der Waals surface area contributed by atoms with Gasteiger partial charge in [0.25, 0.3) is 5.91 Å². The molecule has 158 valence electrons. The van der Waals surface area contributed by atoms with E-state index in [0.717, 1.165) is 17.1 Å². The molecule has 0 radical (unpaired) electrons. The Bertz CT molecular complexity index is 1100. The molecule has 0 aliphatic carbocycles. The van der Waals surface area contributed by atoms with Crippen LogP contribution in [-0.4, -0.2) is 65.4 Å². The smallest absolute Gasteiger partial charge is 0.859 e. The number of aliphatic carboxylic acids is 1. The maximum absolute atomic E-state index is 12.8. The van der Waals surface area contributed by atoms with Crippen molar-refractivity contribution in [3.8, 4) is 0 Å². The summed E-state index contributed by atoms with van der Waals surface area (Å²) in [6.07, 6.45) is 5.40. The summed E-state index contributed by atoms with van der Waals surface area (Å²) in [4.78, 5) is 32.9. The molecule has 10 nitrogen and oxygen atoms in total. The third-order valence-corrected chi connectivity index (χ3v) is 6.32. The van der Waals surface area contributed by atoms with Gasteiger partial charge in [-0.15, -0.1) is 0 Å². The number of hydrogen-bond donors (Lipinski definition) is 2. The van der Waals surface area contributed by atoms with Crippen LogP contribution in [0.3, 0.4) is 0 Å². The molecule has 2 aliphatic rings. The molecule has 0 spiro atoms. The van der Waals surface area contributed by atoms with E-state index in [1.165, 1.54) is 12.3 Å². The fourth-order valence-electron chi connectivity index (χ4n) is 3.14. The van der Waals surface area contributed by atoms with Crippen molar-refractivity contribution < 1.29 is 57.8 Å². The van der Waals surface area contributed by atoms with E-state index in [1.54, 1.807) is 18.2 Å². The van der Waals surface area contributed by atoms with Crippen LogP contribution < -0.4 is 40.4 Å². The van der Waals surface area contributed by atoms with Gasteiger partial charge in [0.05, 0.1) is 17.0 Å². The molecule has 1 atom stereocenters. The van der Waals surface area contributed by atoms with Gasteiger partial charge in [0.1, 0.15) is 5.70 Å². The van der Waals surface area contributed by atoms with Crippen molar-refractivity contribution in [3.05, 3.63) is 59.1 Å². The molecule has 3 N–H and O–H groups in total. The Labute approximate surface area is 201 Å². The van der Waals surface area contributed by atoms with Gasteiger partial charge in [-0.05, 0) is 42.6 Å². The minimum atomic E-state index is -3.93. The van der Waals surface area contributed by atoms with E-state index in [2.05, 4.69) is 9.98 Å². The zero-order valence-electron chi connectivity index (χ0n) is 16.8. The predicted molar refractivity (Wildman–Crippen MR) is 106 cm³/mol. The molecule has 1 aromatic heterocycles. The number of carboxylic acid groups (broad SMARTS) is 1. The van der Waals surface area contributed by atoms with Crippen molar-refractivity contribution in [1.82, 2.24) is 9.88 Å². The summed E-state index contributed by atoms with van der Waals surface area (Å²) in [6, 6.07) is 4.94. The molecule has 3 rings (SSSR count). The summed E-state index contributed by atoms with van der Waals surface area (Å²) < 4.78 is 25.6. The number of β-lactam (4-membered cyclic amide) rings is 1. The third kappa shape index (κ3) is 5.31. The fourth-order valence-corrected chi connectivity index (χ4v) is 5.04. The Morgan fingerprint density at radius 1 is 1.42 bits per heavy atom. The van der Waals surface area contributed by atoms with Gasteiger partial charge in [-0.2, -0.15) is 0 Å². The molecule has 1 amide bonds. The van der Waals surface area contributed by atoms with Gasteiger partial charge in [-0.3, -0.25) is 14.7 Å². The second-order valence-electron chi connectivity index (χ2n) is 6.56. The quantitative estimate of drug-likeness (QED) is 0.105. The fraction of sp³-hybridized carbons (Fsp3) is 0.263. The summed E-state index contributed by atoms with van der Waals surface area (Å²) in [5.41, 5.74) is 5.02. The number of hydrogen-bond acceptors (Lipinski definition) is 8.